The molecule has 2 aliphatic rings. The zero-order chi connectivity index (χ0) is 20.1. The number of sulfonamides is 1. The van der Waals surface area contributed by atoms with E-state index in [-0.39, 0.29) is 11.7 Å². The fourth-order valence-corrected chi connectivity index (χ4v) is 6.08. The number of carbonyl (C=O) groups is 1. The van der Waals surface area contributed by atoms with Gasteiger partial charge in [-0.25, -0.2) is 8.42 Å². The number of carbonyl (C=O) groups excluding carboxylic acids is 1. The summed E-state index contributed by atoms with van der Waals surface area (Å²) >= 11 is 0. The molecule has 0 aromatic heterocycles. The van der Waals surface area contributed by atoms with Crippen LogP contribution in [0.5, 0.6) is 0 Å². The Labute approximate surface area is 169 Å². The monoisotopic (exact) mass is 407 g/mol. The Bertz CT molecular complexity index is 754. The van der Waals surface area contributed by atoms with Crippen LogP contribution in [0.4, 0.5) is 5.69 Å². The minimum Gasteiger partial charge on any atom is -0.352 e. The average molecular weight is 408 g/mol. The molecule has 0 spiro atoms. The molecule has 2 atom stereocenters. The summed E-state index contributed by atoms with van der Waals surface area (Å²) in [6.45, 7) is 9.10. The van der Waals surface area contributed by atoms with E-state index in [1.165, 1.54) is 10.7 Å². The maximum atomic E-state index is 12.4. The molecule has 2 fully saturated rings. The summed E-state index contributed by atoms with van der Waals surface area (Å²) in [5, 5.41) is 2.98. The van der Waals surface area contributed by atoms with Crippen LogP contribution in [0.25, 0.3) is 0 Å². The first-order valence-corrected chi connectivity index (χ1v) is 12.1. The summed E-state index contributed by atoms with van der Waals surface area (Å²) in [5.41, 5.74) is 1.21. The smallest absolute Gasteiger partial charge is 0.251 e. The minimum atomic E-state index is -3.22. The summed E-state index contributed by atoms with van der Waals surface area (Å²) in [4.78, 5) is 14.9. The molecular weight excluding hydrogens is 374 g/mol. The van der Waals surface area contributed by atoms with Gasteiger partial charge in [0, 0.05) is 31.7 Å². The van der Waals surface area contributed by atoms with Crippen molar-refractivity contribution in [1.29, 1.82) is 0 Å². The predicted molar refractivity (Wildman–Crippen MR) is 113 cm³/mol. The predicted octanol–water partition coefficient (Wildman–Crippen LogP) is 2.71. The molecular formula is C21H33N3O3S. The van der Waals surface area contributed by atoms with E-state index in [9.17, 15) is 13.2 Å². The van der Waals surface area contributed by atoms with Crippen molar-refractivity contribution in [2.75, 3.05) is 42.8 Å². The van der Waals surface area contributed by atoms with Crippen molar-refractivity contribution in [1.82, 2.24) is 10.2 Å². The number of nitrogens with one attached hydrogen (secondary N) is 1. The van der Waals surface area contributed by atoms with Crippen molar-refractivity contribution in [2.24, 2.45) is 11.8 Å². The lowest BCUT2D eigenvalue weighted by Gasteiger charge is -2.34. The maximum absolute atomic E-state index is 12.4. The normalized spacial score (nSPS) is 25.4. The van der Waals surface area contributed by atoms with Crippen molar-refractivity contribution in [3.63, 3.8) is 0 Å². The van der Waals surface area contributed by atoms with Crippen LogP contribution in [-0.2, 0) is 10.0 Å². The Morgan fingerprint density at radius 1 is 1.11 bits per heavy atom. The van der Waals surface area contributed by atoms with Gasteiger partial charge in [-0.15, -0.1) is 0 Å². The molecule has 3 rings (SSSR count). The van der Waals surface area contributed by atoms with Gasteiger partial charge in [-0.1, -0.05) is 13.8 Å². The minimum absolute atomic E-state index is 0.103. The Morgan fingerprint density at radius 2 is 1.79 bits per heavy atom. The molecule has 2 heterocycles. The van der Waals surface area contributed by atoms with Gasteiger partial charge in [-0.3, -0.25) is 9.10 Å². The first kappa shape index (κ1) is 21.1. The van der Waals surface area contributed by atoms with Crippen LogP contribution in [0.2, 0.25) is 0 Å². The van der Waals surface area contributed by atoms with E-state index in [0.717, 1.165) is 44.3 Å². The number of amides is 1. The largest absolute Gasteiger partial charge is 0.352 e. The average Bonchev–Trinajstić information content (AvgIpc) is 2.64. The highest BCUT2D eigenvalue weighted by molar-refractivity contribution is 7.92. The SMILES string of the molecule is C[C@@H]1C[C@@H](C)CN(CCCNC(=O)c2ccc(N3CCCCS3(=O)=O)cc2)C1. The second-order valence-electron chi connectivity index (χ2n) is 8.46. The zero-order valence-corrected chi connectivity index (χ0v) is 17.9. The van der Waals surface area contributed by atoms with E-state index in [1.807, 2.05) is 0 Å². The van der Waals surface area contributed by atoms with Crippen LogP contribution in [0.15, 0.2) is 24.3 Å². The highest BCUT2D eigenvalue weighted by Gasteiger charge is 2.26. The van der Waals surface area contributed by atoms with Gasteiger partial charge in [0.05, 0.1) is 11.4 Å². The molecule has 1 N–H and O–H groups in total. The second-order valence-corrected chi connectivity index (χ2v) is 10.5. The fourth-order valence-electron chi connectivity index (χ4n) is 4.44. The van der Waals surface area contributed by atoms with Crippen molar-refractivity contribution < 1.29 is 13.2 Å². The Morgan fingerprint density at radius 3 is 2.43 bits per heavy atom. The molecule has 2 saturated heterocycles. The lowest BCUT2D eigenvalue weighted by atomic mass is 9.92. The molecule has 28 heavy (non-hydrogen) atoms. The van der Waals surface area contributed by atoms with Gasteiger partial charge in [0.1, 0.15) is 0 Å². The van der Waals surface area contributed by atoms with Crippen LogP contribution >= 0.6 is 0 Å². The summed E-state index contributed by atoms with van der Waals surface area (Å²) in [6, 6.07) is 6.88. The van der Waals surface area contributed by atoms with Gasteiger partial charge in [-0.2, -0.15) is 0 Å². The summed E-state index contributed by atoms with van der Waals surface area (Å²) in [6.07, 6.45) is 3.84. The molecule has 0 radical (unpaired) electrons. The Kier molecular flexibility index (Phi) is 6.99. The number of likely N-dealkylation sites (tertiary alicyclic amines) is 1. The van der Waals surface area contributed by atoms with Crippen LogP contribution in [-0.4, -0.2) is 57.7 Å². The van der Waals surface area contributed by atoms with Gasteiger partial charge in [0.15, 0.2) is 0 Å². The first-order chi connectivity index (χ1) is 13.3. The van der Waals surface area contributed by atoms with E-state index in [0.29, 0.717) is 30.8 Å². The lowest BCUT2D eigenvalue weighted by molar-refractivity contribution is 0.0947. The number of rotatable bonds is 6. The van der Waals surface area contributed by atoms with Gasteiger partial charge >= 0.3 is 0 Å². The van der Waals surface area contributed by atoms with Crippen molar-refractivity contribution in [2.45, 2.75) is 39.5 Å². The molecule has 0 saturated carbocycles. The molecule has 7 heteroatoms. The number of hydrogen-bond donors (Lipinski definition) is 1. The van der Waals surface area contributed by atoms with E-state index < -0.39 is 10.0 Å². The summed E-state index contributed by atoms with van der Waals surface area (Å²) < 4.78 is 25.8. The van der Waals surface area contributed by atoms with Crippen LogP contribution < -0.4 is 9.62 Å². The molecule has 0 unspecified atom stereocenters. The topological polar surface area (TPSA) is 69.7 Å². The molecule has 0 bridgehead atoms. The van der Waals surface area contributed by atoms with Crippen molar-refractivity contribution >= 4 is 21.6 Å². The number of benzene rings is 1. The van der Waals surface area contributed by atoms with Gasteiger partial charge < -0.3 is 10.2 Å². The third-order valence-electron chi connectivity index (χ3n) is 5.65. The molecule has 2 aliphatic heterocycles. The lowest BCUT2D eigenvalue weighted by Crippen LogP contribution is -2.40. The van der Waals surface area contributed by atoms with Crippen molar-refractivity contribution in [3.05, 3.63) is 29.8 Å². The van der Waals surface area contributed by atoms with E-state index >= 15 is 0 Å². The maximum Gasteiger partial charge on any atom is 0.251 e. The third kappa shape index (κ3) is 5.47. The summed E-state index contributed by atoms with van der Waals surface area (Å²) in [7, 11) is -3.22. The highest BCUT2D eigenvalue weighted by atomic mass is 32.2. The fraction of sp³-hybridized carbons (Fsp3) is 0.667. The molecule has 156 valence electrons. The zero-order valence-electron chi connectivity index (χ0n) is 17.1. The van der Waals surface area contributed by atoms with E-state index in [2.05, 4.69) is 24.1 Å². The molecule has 1 amide bonds. The van der Waals surface area contributed by atoms with Gasteiger partial charge in [0.2, 0.25) is 10.0 Å². The van der Waals surface area contributed by atoms with Gasteiger partial charge in [-0.05, 0) is 68.3 Å². The Hall–Kier alpha value is -1.60. The highest BCUT2D eigenvalue weighted by Crippen LogP contribution is 2.24. The standard InChI is InChI=1S/C21H33N3O3S/c1-17-14-18(2)16-23(15-17)11-5-10-22-21(25)19-6-8-20(9-7-19)24-12-3-4-13-28(24,26)27/h6-9,17-18H,3-5,10-16H2,1-2H3,(H,22,25)/t17-,18-/m1/s1. The molecule has 1 aromatic rings. The number of hydrogen-bond acceptors (Lipinski definition) is 4. The number of piperidine rings is 1. The third-order valence-corrected chi connectivity index (χ3v) is 7.52. The number of anilines is 1. The van der Waals surface area contributed by atoms with Crippen LogP contribution in [0.1, 0.15) is 49.9 Å². The Balaban J connectivity index is 1.46. The molecule has 6 nitrogen and oxygen atoms in total. The molecule has 1 aromatic carbocycles. The van der Waals surface area contributed by atoms with Crippen LogP contribution in [0.3, 0.4) is 0 Å². The molecule has 0 aliphatic carbocycles. The van der Waals surface area contributed by atoms with Gasteiger partial charge in [0.25, 0.3) is 5.91 Å². The first-order valence-electron chi connectivity index (χ1n) is 10.5. The van der Waals surface area contributed by atoms with E-state index in [4.69, 9.17) is 0 Å². The van der Waals surface area contributed by atoms with Crippen LogP contribution in [0, 0.1) is 11.8 Å². The summed E-state index contributed by atoms with van der Waals surface area (Å²) in [5.74, 6) is 1.60. The number of nitrogens with zero attached hydrogens (tertiary/aromatic N) is 2. The quantitative estimate of drug-likeness (QED) is 0.736. The van der Waals surface area contributed by atoms with Crippen molar-refractivity contribution in [3.8, 4) is 0 Å². The second kappa shape index (κ2) is 9.27. The van der Waals surface area contributed by atoms with E-state index in [1.54, 1.807) is 24.3 Å².